The monoisotopic (exact) mass is 353 g/mol. The highest BCUT2D eigenvalue weighted by molar-refractivity contribution is 6.24. The molecule has 3 aromatic carbocycles. The summed E-state index contributed by atoms with van der Waals surface area (Å²) in [6.45, 7) is -0.201. The van der Waals surface area contributed by atoms with Gasteiger partial charge < -0.3 is 10.2 Å². The van der Waals surface area contributed by atoms with E-state index in [0.29, 0.717) is 11.3 Å². The van der Waals surface area contributed by atoms with Crippen LogP contribution in [0.2, 0.25) is 0 Å². The van der Waals surface area contributed by atoms with Gasteiger partial charge in [0.1, 0.15) is 5.71 Å². The molecule has 0 heterocycles. The summed E-state index contributed by atoms with van der Waals surface area (Å²) in [6, 6.07) is 24.6. The minimum Gasteiger partial charge on any atom is -0.385 e. The number of amides is 1. The number of fused-ring (bicyclic) bond motifs is 3. The molecule has 3 aromatic rings. The molecule has 0 saturated carbocycles. The van der Waals surface area contributed by atoms with Crippen LogP contribution in [0.5, 0.6) is 0 Å². The third kappa shape index (κ3) is 3.29. The number of oxime groups is 1. The molecule has 0 aliphatic heterocycles. The zero-order valence-electron chi connectivity index (χ0n) is 14.3. The number of benzene rings is 3. The van der Waals surface area contributed by atoms with Gasteiger partial charge >= 0.3 is 0 Å². The van der Waals surface area contributed by atoms with Crippen LogP contribution in [0.4, 0.5) is 5.69 Å². The number of nitrogens with one attached hydrogen (secondary N) is 1. The third-order valence-corrected chi connectivity index (χ3v) is 4.30. The van der Waals surface area contributed by atoms with E-state index in [1.807, 2.05) is 54.6 Å². The van der Waals surface area contributed by atoms with Crippen LogP contribution in [-0.2, 0) is 9.63 Å². The Balaban J connectivity index is 1.47. The molecule has 1 amide bonds. The van der Waals surface area contributed by atoms with Gasteiger partial charge in [-0.05, 0) is 35.4 Å². The van der Waals surface area contributed by atoms with E-state index in [9.17, 15) is 4.79 Å². The number of hydrogen-bond acceptors (Lipinski definition) is 4. The van der Waals surface area contributed by atoms with E-state index in [-0.39, 0.29) is 12.5 Å². The molecule has 27 heavy (non-hydrogen) atoms. The molecule has 5 heteroatoms. The van der Waals surface area contributed by atoms with E-state index in [1.165, 1.54) is 0 Å². The molecule has 1 N–H and O–H groups in total. The predicted octanol–water partition coefficient (Wildman–Crippen LogP) is 3.95. The second kappa shape index (κ2) is 7.14. The fourth-order valence-electron chi connectivity index (χ4n) is 3.07. The van der Waals surface area contributed by atoms with Crippen molar-refractivity contribution in [3.05, 3.63) is 89.5 Å². The smallest absolute Gasteiger partial charge is 0.265 e. The molecule has 5 nitrogen and oxygen atoms in total. The third-order valence-electron chi connectivity index (χ3n) is 4.30. The van der Waals surface area contributed by atoms with Crippen LogP contribution in [-0.4, -0.2) is 18.2 Å². The maximum atomic E-state index is 12.1. The number of carbonyl (C=O) groups excluding carboxylic acids is 1. The standard InChI is InChI=1S/C22H15N3O2/c23-13-15-9-11-16(12-10-15)24-21(26)14-27-25-22-19-7-3-1-5-17(19)18-6-2-4-8-20(18)22/h1-12H,14H2,(H,24,26). The van der Waals surface area contributed by atoms with Crippen molar-refractivity contribution in [1.82, 2.24) is 0 Å². The molecular formula is C22H15N3O2. The zero-order valence-corrected chi connectivity index (χ0v) is 14.3. The van der Waals surface area contributed by atoms with Gasteiger partial charge in [0.2, 0.25) is 0 Å². The largest absolute Gasteiger partial charge is 0.385 e. The summed E-state index contributed by atoms with van der Waals surface area (Å²) in [4.78, 5) is 17.4. The summed E-state index contributed by atoms with van der Waals surface area (Å²) in [5.41, 5.74) is 6.07. The molecule has 1 aliphatic carbocycles. The molecule has 0 fully saturated rings. The van der Waals surface area contributed by atoms with Crippen LogP contribution in [0.1, 0.15) is 16.7 Å². The molecule has 0 unspecified atom stereocenters. The number of hydrogen-bond donors (Lipinski definition) is 1. The summed E-state index contributed by atoms with van der Waals surface area (Å²) < 4.78 is 0. The Kier molecular flexibility index (Phi) is 4.38. The number of rotatable bonds is 4. The van der Waals surface area contributed by atoms with Crippen molar-refractivity contribution in [2.75, 3.05) is 11.9 Å². The van der Waals surface area contributed by atoms with E-state index >= 15 is 0 Å². The zero-order chi connectivity index (χ0) is 18.6. The topological polar surface area (TPSA) is 74.5 Å². The highest BCUT2D eigenvalue weighted by Crippen LogP contribution is 2.36. The summed E-state index contributed by atoms with van der Waals surface area (Å²) in [7, 11) is 0. The van der Waals surface area contributed by atoms with Crippen LogP contribution in [0.15, 0.2) is 78.0 Å². The summed E-state index contributed by atoms with van der Waals surface area (Å²) in [5.74, 6) is -0.316. The minimum absolute atomic E-state index is 0.201. The van der Waals surface area contributed by atoms with E-state index in [0.717, 1.165) is 28.0 Å². The SMILES string of the molecule is N#Cc1ccc(NC(=O)CON=C2c3ccccc3-c3ccccc32)cc1. The van der Waals surface area contributed by atoms with Gasteiger partial charge in [-0.15, -0.1) is 0 Å². The lowest BCUT2D eigenvalue weighted by Crippen LogP contribution is -2.17. The Labute approximate surface area is 156 Å². The molecule has 4 rings (SSSR count). The average molecular weight is 353 g/mol. The Morgan fingerprint density at radius 3 is 2.00 bits per heavy atom. The van der Waals surface area contributed by atoms with Gasteiger partial charge in [-0.1, -0.05) is 53.7 Å². The number of nitrogens with zero attached hydrogens (tertiary/aromatic N) is 2. The van der Waals surface area contributed by atoms with Gasteiger partial charge in [-0.2, -0.15) is 5.26 Å². The molecular weight excluding hydrogens is 338 g/mol. The second-order valence-electron chi connectivity index (χ2n) is 6.04. The van der Waals surface area contributed by atoms with Crippen LogP contribution in [0, 0.1) is 11.3 Å². The molecule has 1 aliphatic rings. The first-order valence-electron chi connectivity index (χ1n) is 8.45. The Bertz CT molecular complexity index is 1030. The van der Waals surface area contributed by atoms with Gasteiger partial charge in [0.05, 0.1) is 11.6 Å². The van der Waals surface area contributed by atoms with Crippen molar-refractivity contribution in [1.29, 1.82) is 5.26 Å². The van der Waals surface area contributed by atoms with E-state index in [2.05, 4.69) is 10.5 Å². The average Bonchev–Trinajstić information content (AvgIpc) is 3.03. The van der Waals surface area contributed by atoms with Crippen molar-refractivity contribution in [2.45, 2.75) is 0 Å². The molecule has 0 radical (unpaired) electrons. The lowest BCUT2D eigenvalue weighted by atomic mass is 10.1. The van der Waals surface area contributed by atoms with Gasteiger partial charge in [-0.3, -0.25) is 4.79 Å². The van der Waals surface area contributed by atoms with Gasteiger partial charge in [0.15, 0.2) is 6.61 Å². The maximum Gasteiger partial charge on any atom is 0.265 e. The van der Waals surface area contributed by atoms with Crippen LogP contribution < -0.4 is 5.32 Å². The highest BCUT2D eigenvalue weighted by atomic mass is 16.6. The van der Waals surface area contributed by atoms with E-state index < -0.39 is 0 Å². The highest BCUT2D eigenvalue weighted by Gasteiger charge is 2.24. The quantitative estimate of drug-likeness (QED) is 0.565. The van der Waals surface area contributed by atoms with Crippen molar-refractivity contribution in [3.8, 4) is 17.2 Å². The summed E-state index contributed by atoms with van der Waals surface area (Å²) >= 11 is 0. The van der Waals surface area contributed by atoms with Crippen molar-refractivity contribution in [3.63, 3.8) is 0 Å². The molecule has 0 atom stereocenters. The first kappa shape index (κ1) is 16.6. The van der Waals surface area contributed by atoms with Crippen molar-refractivity contribution < 1.29 is 9.63 Å². The molecule has 0 spiro atoms. The molecule has 0 bridgehead atoms. The van der Waals surface area contributed by atoms with Gasteiger partial charge in [0, 0.05) is 16.8 Å². The summed E-state index contributed by atoms with van der Waals surface area (Å²) in [5, 5.41) is 15.7. The molecule has 0 saturated heterocycles. The van der Waals surface area contributed by atoms with Crippen LogP contribution >= 0.6 is 0 Å². The summed E-state index contributed by atoms with van der Waals surface area (Å²) in [6.07, 6.45) is 0. The van der Waals surface area contributed by atoms with Crippen molar-refractivity contribution >= 4 is 17.3 Å². The number of anilines is 1. The van der Waals surface area contributed by atoms with Crippen LogP contribution in [0.3, 0.4) is 0 Å². The first-order valence-corrected chi connectivity index (χ1v) is 8.45. The Hall–Kier alpha value is -3.91. The second-order valence-corrected chi connectivity index (χ2v) is 6.04. The minimum atomic E-state index is -0.316. The molecule has 0 aromatic heterocycles. The normalized spacial score (nSPS) is 11.1. The fourth-order valence-corrected chi connectivity index (χ4v) is 3.07. The predicted molar refractivity (Wildman–Crippen MR) is 103 cm³/mol. The lowest BCUT2D eigenvalue weighted by Gasteiger charge is -2.05. The van der Waals surface area contributed by atoms with E-state index in [4.69, 9.17) is 10.1 Å². The Morgan fingerprint density at radius 2 is 1.44 bits per heavy atom. The van der Waals surface area contributed by atoms with E-state index in [1.54, 1.807) is 24.3 Å². The fraction of sp³-hybridized carbons (Fsp3) is 0.0455. The van der Waals surface area contributed by atoms with Crippen LogP contribution in [0.25, 0.3) is 11.1 Å². The van der Waals surface area contributed by atoms with Gasteiger partial charge in [-0.25, -0.2) is 0 Å². The molecule has 130 valence electrons. The number of nitriles is 1. The lowest BCUT2D eigenvalue weighted by molar-refractivity contribution is -0.120. The maximum absolute atomic E-state index is 12.1. The number of carbonyl (C=O) groups is 1. The van der Waals surface area contributed by atoms with Gasteiger partial charge in [0.25, 0.3) is 5.91 Å². The van der Waals surface area contributed by atoms with Crippen molar-refractivity contribution in [2.24, 2.45) is 5.16 Å². The Morgan fingerprint density at radius 1 is 0.889 bits per heavy atom. The first-order chi connectivity index (χ1) is 13.3.